The van der Waals surface area contributed by atoms with Crippen molar-refractivity contribution in [2.45, 2.75) is 26.3 Å². The van der Waals surface area contributed by atoms with Crippen LogP contribution < -0.4 is 10.0 Å². The quantitative estimate of drug-likeness (QED) is 0.760. The van der Waals surface area contributed by atoms with Gasteiger partial charge in [0.15, 0.2) is 0 Å². The highest BCUT2D eigenvalue weighted by Crippen LogP contribution is 2.24. The number of rotatable bonds is 4. The molecule has 0 radical (unpaired) electrons. The van der Waals surface area contributed by atoms with E-state index in [1.807, 2.05) is 18.2 Å². The molecule has 0 atom stereocenters. The number of benzene rings is 1. The molecule has 1 aliphatic rings. The molecule has 0 saturated carbocycles. The topological polar surface area (TPSA) is 61.9 Å². The number of likely N-dealkylation sites (tertiary alicyclic amines) is 1. The summed E-state index contributed by atoms with van der Waals surface area (Å²) in [4.78, 5) is 17.4. The van der Waals surface area contributed by atoms with Crippen molar-refractivity contribution >= 4 is 11.6 Å². The van der Waals surface area contributed by atoms with Crippen LogP contribution in [0.2, 0.25) is 0 Å². The molecule has 5 heteroatoms. The molecule has 1 fully saturated rings. The van der Waals surface area contributed by atoms with Crippen molar-refractivity contribution in [3.63, 3.8) is 0 Å². The summed E-state index contributed by atoms with van der Waals surface area (Å²) in [5.74, 6) is -1.20. The van der Waals surface area contributed by atoms with Crippen molar-refractivity contribution in [3.8, 4) is 11.3 Å². The van der Waals surface area contributed by atoms with E-state index in [4.69, 9.17) is 4.98 Å². The van der Waals surface area contributed by atoms with Gasteiger partial charge in [-0.05, 0) is 18.6 Å². The van der Waals surface area contributed by atoms with E-state index in [0.29, 0.717) is 12.8 Å². The molecule has 0 aliphatic carbocycles. The van der Waals surface area contributed by atoms with Crippen LogP contribution in [0.25, 0.3) is 16.9 Å². The predicted molar refractivity (Wildman–Crippen MR) is 97.5 cm³/mol. The zero-order chi connectivity index (χ0) is 18.1. The molecule has 0 amide bonds. The highest BCUT2D eigenvalue weighted by atomic mass is 16.4. The van der Waals surface area contributed by atoms with Crippen LogP contribution in [0.15, 0.2) is 48.7 Å². The van der Waals surface area contributed by atoms with E-state index >= 15 is 0 Å². The number of aromatic nitrogens is 2. The van der Waals surface area contributed by atoms with Crippen molar-refractivity contribution < 1.29 is 14.8 Å². The first kappa shape index (κ1) is 16.8. The Hall–Kier alpha value is -2.66. The summed E-state index contributed by atoms with van der Waals surface area (Å²) in [5, 5.41) is 11.1. The van der Waals surface area contributed by atoms with Gasteiger partial charge in [-0.3, -0.25) is 4.40 Å². The molecule has 0 spiro atoms. The lowest BCUT2D eigenvalue weighted by Crippen LogP contribution is -3.12. The summed E-state index contributed by atoms with van der Waals surface area (Å²) in [7, 11) is 0. The number of fused-ring (bicyclic) bond motifs is 1. The fourth-order valence-corrected chi connectivity index (χ4v) is 3.87. The van der Waals surface area contributed by atoms with Gasteiger partial charge < -0.3 is 14.8 Å². The van der Waals surface area contributed by atoms with Crippen LogP contribution >= 0.6 is 0 Å². The third-order valence-corrected chi connectivity index (χ3v) is 5.36. The monoisotopic (exact) mass is 349 g/mol. The summed E-state index contributed by atoms with van der Waals surface area (Å²) in [6, 6.07) is 14.4. The number of carbonyl (C=O) groups is 1. The van der Waals surface area contributed by atoms with E-state index in [9.17, 15) is 9.90 Å². The Balaban J connectivity index is 1.69. The number of carboxylic acid groups (broad SMARTS) is 1. The van der Waals surface area contributed by atoms with Crippen LogP contribution in [0.3, 0.4) is 0 Å². The normalized spacial score (nSPS) is 20.3. The van der Waals surface area contributed by atoms with Gasteiger partial charge in [-0.25, -0.2) is 4.98 Å². The Bertz CT molecular complexity index is 925. The van der Waals surface area contributed by atoms with Crippen molar-refractivity contribution in [2.24, 2.45) is 5.92 Å². The van der Waals surface area contributed by atoms with Crippen molar-refractivity contribution in [1.82, 2.24) is 9.38 Å². The highest BCUT2D eigenvalue weighted by molar-refractivity contribution is 5.68. The van der Waals surface area contributed by atoms with Gasteiger partial charge in [-0.15, -0.1) is 0 Å². The molecule has 1 saturated heterocycles. The number of pyridine rings is 1. The van der Waals surface area contributed by atoms with E-state index < -0.39 is 5.97 Å². The SMILES string of the molecule is Cc1ccc2nc(-c3ccccc3)c(C[NH+]3CCC(C(=O)[O-])CC3)n2c1. The first-order valence-corrected chi connectivity index (χ1v) is 9.19. The fraction of sp³-hybridized carbons (Fsp3) is 0.333. The van der Waals surface area contributed by atoms with Crippen molar-refractivity contribution in [3.05, 3.63) is 59.9 Å². The number of nitrogens with zero attached hydrogens (tertiary/aromatic N) is 2. The van der Waals surface area contributed by atoms with Gasteiger partial charge in [0, 0.05) is 36.5 Å². The minimum absolute atomic E-state index is 0.295. The second-order valence-electron chi connectivity index (χ2n) is 7.23. The number of quaternary nitrogens is 1. The lowest BCUT2D eigenvalue weighted by atomic mass is 9.97. The van der Waals surface area contributed by atoms with Gasteiger partial charge in [0.1, 0.15) is 17.9 Å². The Morgan fingerprint density at radius 2 is 1.92 bits per heavy atom. The fourth-order valence-electron chi connectivity index (χ4n) is 3.87. The van der Waals surface area contributed by atoms with Gasteiger partial charge in [0.25, 0.3) is 0 Å². The molecule has 3 heterocycles. The molecule has 0 bridgehead atoms. The first-order chi connectivity index (χ1) is 12.6. The van der Waals surface area contributed by atoms with Crippen LogP contribution in [-0.2, 0) is 11.3 Å². The van der Waals surface area contributed by atoms with Gasteiger partial charge in [0.05, 0.1) is 18.8 Å². The first-order valence-electron chi connectivity index (χ1n) is 9.19. The third-order valence-electron chi connectivity index (χ3n) is 5.36. The summed E-state index contributed by atoms with van der Waals surface area (Å²) >= 11 is 0. The van der Waals surface area contributed by atoms with E-state index in [2.05, 4.69) is 41.8 Å². The Kier molecular flexibility index (Phi) is 4.47. The number of hydrogen-bond acceptors (Lipinski definition) is 3. The number of nitrogens with one attached hydrogen (secondary N) is 1. The lowest BCUT2D eigenvalue weighted by molar-refractivity contribution is -0.919. The molecular weight excluding hydrogens is 326 g/mol. The molecule has 2 aromatic heterocycles. The Morgan fingerprint density at radius 1 is 1.19 bits per heavy atom. The molecule has 26 heavy (non-hydrogen) atoms. The second kappa shape index (κ2) is 6.92. The zero-order valence-corrected chi connectivity index (χ0v) is 14.9. The average Bonchev–Trinajstić information content (AvgIpc) is 3.01. The molecule has 1 N–H and O–H groups in total. The maximum Gasteiger partial charge on any atom is 0.137 e. The summed E-state index contributed by atoms with van der Waals surface area (Å²) in [6.45, 7) is 4.64. The van der Waals surface area contributed by atoms with Gasteiger partial charge in [-0.2, -0.15) is 0 Å². The molecule has 4 rings (SSSR count). The number of piperidine rings is 1. The molecule has 1 aliphatic heterocycles. The van der Waals surface area contributed by atoms with Crippen molar-refractivity contribution in [1.29, 1.82) is 0 Å². The maximum atomic E-state index is 11.1. The number of hydrogen-bond donors (Lipinski definition) is 1. The molecular formula is C21H23N3O2. The van der Waals surface area contributed by atoms with Gasteiger partial charge in [0.2, 0.25) is 0 Å². The third kappa shape index (κ3) is 3.22. The highest BCUT2D eigenvalue weighted by Gasteiger charge is 2.25. The van der Waals surface area contributed by atoms with Crippen molar-refractivity contribution in [2.75, 3.05) is 13.1 Å². The van der Waals surface area contributed by atoms with E-state index in [1.165, 1.54) is 16.2 Å². The molecule has 134 valence electrons. The maximum absolute atomic E-state index is 11.1. The smallest absolute Gasteiger partial charge is 0.137 e. The Labute approximate surface area is 152 Å². The average molecular weight is 349 g/mol. The van der Waals surface area contributed by atoms with Gasteiger partial charge in [-0.1, -0.05) is 36.4 Å². The largest absolute Gasteiger partial charge is 0.550 e. The zero-order valence-electron chi connectivity index (χ0n) is 14.9. The second-order valence-corrected chi connectivity index (χ2v) is 7.23. The van der Waals surface area contributed by atoms with Crippen LogP contribution in [0.1, 0.15) is 24.1 Å². The van der Waals surface area contributed by atoms with Crippen LogP contribution in [0, 0.1) is 12.8 Å². The summed E-state index contributed by atoms with van der Waals surface area (Å²) < 4.78 is 2.19. The Morgan fingerprint density at radius 3 is 2.62 bits per heavy atom. The number of carboxylic acids is 1. The predicted octanol–water partition coefficient (Wildman–Crippen LogP) is 0.855. The summed E-state index contributed by atoms with van der Waals surface area (Å²) in [6.07, 6.45) is 3.51. The molecule has 1 aromatic carbocycles. The van der Waals surface area contributed by atoms with Crippen LogP contribution in [0.4, 0.5) is 0 Å². The number of aryl methyl sites for hydroxylation is 1. The summed E-state index contributed by atoms with van der Waals surface area (Å²) in [5.41, 5.74) is 5.48. The van der Waals surface area contributed by atoms with E-state index in [-0.39, 0.29) is 5.92 Å². The van der Waals surface area contributed by atoms with Crippen LogP contribution in [0.5, 0.6) is 0 Å². The van der Waals surface area contributed by atoms with E-state index in [0.717, 1.165) is 36.5 Å². The lowest BCUT2D eigenvalue weighted by Gasteiger charge is -2.29. The van der Waals surface area contributed by atoms with E-state index in [1.54, 1.807) is 0 Å². The number of imidazole rings is 1. The van der Waals surface area contributed by atoms with Gasteiger partial charge >= 0.3 is 0 Å². The molecule has 5 nitrogen and oxygen atoms in total. The molecule has 0 unspecified atom stereocenters. The minimum atomic E-state index is -0.903. The number of aliphatic carboxylic acids is 1. The minimum Gasteiger partial charge on any atom is -0.550 e. The standard InChI is InChI=1S/C21H23N3O2/c1-15-7-8-19-22-20(16-5-3-2-4-6-16)18(24(19)13-15)14-23-11-9-17(10-12-23)21(25)26/h2-8,13,17H,9-12,14H2,1H3,(H,25,26). The number of carbonyl (C=O) groups excluding carboxylic acids is 1. The van der Waals surface area contributed by atoms with Crippen LogP contribution in [-0.4, -0.2) is 28.4 Å². The molecule has 3 aromatic rings.